The van der Waals surface area contributed by atoms with Crippen molar-refractivity contribution in [3.63, 3.8) is 0 Å². The molecule has 0 aliphatic heterocycles. The van der Waals surface area contributed by atoms with Crippen LogP contribution in [0.2, 0.25) is 0 Å². The Balaban J connectivity index is 1.72. The quantitative estimate of drug-likeness (QED) is 0.886. The van der Waals surface area contributed by atoms with Crippen LogP contribution < -0.4 is 0 Å². The van der Waals surface area contributed by atoms with Crippen LogP contribution in [0.4, 0.5) is 0 Å². The Labute approximate surface area is 106 Å². The van der Waals surface area contributed by atoms with Crippen LogP contribution in [0.15, 0.2) is 30.6 Å². The van der Waals surface area contributed by atoms with Gasteiger partial charge in [-0.25, -0.2) is 4.98 Å². The summed E-state index contributed by atoms with van der Waals surface area (Å²) in [6.45, 7) is 2.83. The molecule has 0 saturated carbocycles. The van der Waals surface area contributed by atoms with Crippen molar-refractivity contribution in [2.45, 2.75) is 38.3 Å². The van der Waals surface area contributed by atoms with Crippen molar-refractivity contribution in [1.29, 1.82) is 0 Å². The number of hydrogen-bond donors (Lipinski definition) is 1. The van der Waals surface area contributed by atoms with Crippen LogP contribution in [-0.4, -0.2) is 26.0 Å². The van der Waals surface area contributed by atoms with Gasteiger partial charge in [0.15, 0.2) is 0 Å². The van der Waals surface area contributed by atoms with Crippen molar-refractivity contribution in [3.8, 4) is 0 Å². The van der Waals surface area contributed by atoms with Gasteiger partial charge in [-0.1, -0.05) is 24.3 Å². The molecule has 3 rings (SSSR count). The lowest BCUT2D eigenvalue weighted by Gasteiger charge is -2.33. The summed E-state index contributed by atoms with van der Waals surface area (Å²) >= 11 is 0. The normalized spacial score (nSPS) is 19.1. The number of aromatic nitrogens is 3. The molecule has 4 heteroatoms. The first-order chi connectivity index (χ1) is 8.79. The predicted molar refractivity (Wildman–Crippen MR) is 68.3 cm³/mol. The number of hydrogen-bond acceptors (Lipinski definition) is 3. The van der Waals surface area contributed by atoms with E-state index in [0.29, 0.717) is 6.42 Å². The largest absolute Gasteiger partial charge is 0.392 e. The second kappa shape index (κ2) is 4.53. The lowest BCUT2D eigenvalue weighted by molar-refractivity contribution is 0.129. The van der Waals surface area contributed by atoms with Crippen LogP contribution in [0.3, 0.4) is 0 Å². The minimum atomic E-state index is -0.366. The Morgan fingerprint density at radius 3 is 3.06 bits per heavy atom. The van der Waals surface area contributed by atoms with Gasteiger partial charge in [0.2, 0.25) is 0 Å². The average Bonchev–Trinajstić information content (AvgIpc) is 2.78. The van der Waals surface area contributed by atoms with E-state index in [9.17, 15) is 5.11 Å². The zero-order valence-corrected chi connectivity index (χ0v) is 10.5. The van der Waals surface area contributed by atoms with E-state index >= 15 is 0 Å². The van der Waals surface area contributed by atoms with Crippen molar-refractivity contribution < 1.29 is 5.11 Å². The SMILES string of the molecule is CCn1ncnc1CC(O)C1Cc2ccccc21. The van der Waals surface area contributed by atoms with Crippen LogP contribution in [-0.2, 0) is 19.4 Å². The number of nitrogens with zero attached hydrogens (tertiary/aromatic N) is 3. The van der Waals surface area contributed by atoms with Gasteiger partial charge in [0, 0.05) is 18.9 Å². The highest BCUT2D eigenvalue weighted by Gasteiger charge is 2.32. The van der Waals surface area contributed by atoms with Gasteiger partial charge in [-0.2, -0.15) is 5.10 Å². The summed E-state index contributed by atoms with van der Waals surface area (Å²) in [5.41, 5.74) is 2.64. The molecule has 2 atom stereocenters. The number of benzene rings is 1. The second-order valence-electron chi connectivity index (χ2n) is 4.77. The van der Waals surface area contributed by atoms with E-state index in [2.05, 4.69) is 28.3 Å². The average molecular weight is 243 g/mol. The van der Waals surface area contributed by atoms with Gasteiger partial charge < -0.3 is 5.11 Å². The number of aliphatic hydroxyl groups is 1. The molecule has 4 nitrogen and oxygen atoms in total. The van der Waals surface area contributed by atoms with Gasteiger partial charge in [-0.3, -0.25) is 4.68 Å². The molecule has 0 fully saturated rings. The summed E-state index contributed by atoms with van der Waals surface area (Å²) in [7, 11) is 0. The van der Waals surface area contributed by atoms with Crippen LogP contribution in [0.5, 0.6) is 0 Å². The van der Waals surface area contributed by atoms with E-state index in [-0.39, 0.29) is 12.0 Å². The minimum Gasteiger partial charge on any atom is -0.392 e. The Morgan fingerprint density at radius 2 is 2.28 bits per heavy atom. The maximum absolute atomic E-state index is 10.3. The third kappa shape index (κ3) is 1.82. The Hall–Kier alpha value is -1.68. The predicted octanol–water partition coefficient (Wildman–Crippen LogP) is 1.54. The van der Waals surface area contributed by atoms with Crippen molar-refractivity contribution in [3.05, 3.63) is 47.5 Å². The topological polar surface area (TPSA) is 50.9 Å². The molecule has 1 heterocycles. The van der Waals surface area contributed by atoms with Crippen molar-refractivity contribution in [1.82, 2.24) is 14.8 Å². The molecule has 2 aromatic rings. The third-order valence-corrected chi connectivity index (χ3v) is 3.75. The molecule has 0 spiro atoms. The molecule has 1 aliphatic rings. The van der Waals surface area contributed by atoms with Gasteiger partial charge >= 0.3 is 0 Å². The molecule has 0 bridgehead atoms. The first-order valence-electron chi connectivity index (χ1n) is 6.42. The van der Waals surface area contributed by atoms with Crippen LogP contribution in [0.25, 0.3) is 0 Å². The fourth-order valence-electron chi connectivity index (χ4n) is 2.68. The van der Waals surface area contributed by atoms with Crippen LogP contribution in [0, 0.1) is 0 Å². The van der Waals surface area contributed by atoms with Crippen LogP contribution in [0.1, 0.15) is 29.8 Å². The molecule has 2 unspecified atom stereocenters. The van der Waals surface area contributed by atoms with Crippen molar-refractivity contribution in [2.24, 2.45) is 0 Å². The maximum Gasteiger partial charge on any atom is 0.138 e. The molecule has 0 radical (unpaired) electrons. The highest BCUT2D eigenvalue weighted by molar-refractivity contribution is 5.40. The van der Waals surface area contributed by atoms with Gasteiger partial charge in [-0.05, 0) is 24.5 Å². The Kier molecular flexibility index (Phi) is 2.88. The van der Waals surface area contributed by atoms with Crippen molar-refractivity contribution >= 4 is 0 Å². The van der Waals surface area contributed by atoms with Gasteiger partial charge in [0.05, 0.1) is 6.10 Å². The van der Waals surface area contributed by atoms with E-state index in [1.54, 1.807) is 6.33 Å². The number of rotatable bonds is 4. The van der Waals surface area contributed by atoms with Gasteiger partial charge in [0.1, 0.15) is 12.2 Å². The molecular weight excluding hydrogens is 226 g/mol. The standard InChI is InChI=1S/C14H17N3O/c1-2-17-14(15-9-16-17)8-13(18)12-7-10-5-3-4-6-11(10)12/h3-6,9,12-13,18H,2,7-8H2,1H3. The second-order valence-corrected chi connectivity index (χ2v) is 4.77. The monoisotopic (exact) mass is 243 g/mol. The molecular formula is C14H17N3O. The highest BCUT2D eigenvalue weighted by Crippen LogP contribution is 2.37. The zero-order chi connectivity index (χ0) is 12.5. The summed E-state index contributed by atoms with van der Waals surface area (Å²) in [6, 6.07) is 8.33. The summed E-state index contributed by atoms with van der Waals surface area (Å²) in [5, 5.41) is 14.5. The van der Waals surface area contributed by atoms with E-state index in [4.69, 9.17) is 0 Å². The molecule has 0 amide bonds. The lowest BCUT2D eigenvalue weighted by atomic mass is 9.74. The molecule has 1 N–H and O–H groups in total. The first kappa shape index (κ1) is 11.4. The van der Waals surface area contributed by atoms with Gasteiger partial charge in [-0.15, -0.1) is 0 Å². The summed E-state index contributed by atoms with van der Waals surface area (Å²) in [4.78, 5) is 4.22. The van der Waals surface area contributed by atoms with Crippen LogP contribution >= 0.6 is 0 Å². The van der Waals surface area contributed by atoms with E-state index in [1.165, 1.54) is 11.1 Å². The highest BCUT2D eigenvalue weighted by atomic mass is 16.3. The third-order valence-electron chi connectivity index (χ3n) is 3.75. The Morgan fingerprint density at radius 1 is 1.44 bits per heavy atom. The molecule has 1 aliphatic carbocycles. The van der Waals surface area contributed by atoms with Crippen molar-refractivity contribution in [2.75, 3.05) is 0 Å². The summed E-state index contributed by atoms with van der Waals surface area (Å²) < 4.78 is 1.84. The Bertz CT molecular complexity index is 549. The van der Waals surface area contributed by atoms with E-state index < -0.39 is 0 Å². The van der Waals surface area contributed by atoms with E-state index in [0.717, 1.165) is 18.8 Å². The number of aryl methyl sites for hydroxylation is 1. The molecule has 0 saturated heterocycles. The summed E-state index contributed by atoms with van der Waals surface area (Å²) in [6.07, 6.45) is 2.74. The molecule has 1 aromatic heterocycles. The fraction of sp³-hybridized carbons (Fsp3) is 0.429. The maximum atomic E-state index is 10.3. The fourth-order valence-corrected chi connectivity index (χ4v) is 2.68. The molecule has 18 heavy (non-hydrogen) atoms. The number of fused-ring (bicyclic) bond motifs is 1. The van der Waals surface area contributed by atoms with Gasteiger partial charge in [0.25, 0.3) is 0 Å². The smallest absolute Gasteiger partial charge is 0.138 e. The minimum absolute atomic E-state index is 0.253. The molecule has 1 aromatic carbocycles. The number of aliphatic hydroxyl groups excluding tert-OH is 1. The summed E-state index contributed by atoms with van der Waals surface area (Å²) in [5.74, 6) is 1.12. The molecule has 94 valence electrons. The first-order valence-corrected chi connectivity index (χ1v) is 6.42. The van der Waals surface area contributed by atoms with E-state index in [1.807, 2.05) is 17.7 Å². The zero-order valence-electron chi connectivity index (χ0n) is 10.5. The lowest BCUT2D eigenvalue weighted by Crippen LogP contribution is -2.31.